The fourth-order valence-corrected chi connectivity index (χ4v) is 7.36. The van der Waals surface area contributed by atoms with Gasteiger partial charge in [-0.3, -0.25) is 9.98 Å². The van der Waals surface area contributed by atoms with Crippen molar-refractivity contribution in [1.29, 1.82) is 0 Å². The Labute approximate surface area is 308 Å². The number of allylic oxidation sites excluding steroid dienone is 5. The number of hydrogen-bond donors (Lipinski definition) is 1. The van der Waals surface area contributed by atoms with E-state index in [4.69, 9.17) is 4.99 Å². The quantitative estimate of drug-likeness (QED) is 0.140. The highest BCUT2D eigenvalue weighted by Crippen LogP contribution is 2.37. The molecule has 1 aliphatic rings. The summed E-state index contributed by atoms with van der Waals surface area (Å²) in [5, 5.41) is 0. The Morgan fingerprint density at radius 2 is 1.40 bits per heavy atom. The minimum absolute atomic E-state index is 0.532. The minimum atomic E-state index is 0.532. The first kappa shape index (κ1) is 34.4. The minimum Gasteiger partial charge on any atom is -0.361 e. The molecule has 5 aromatic carbocycles. The maximum Gasteiger partial charge on any atom is 0.0747 e. The summed E-state index contributed by atoms with van der Waals surface area (Å²) in [4.78, 5) is 13.3. The van der Waals surface area contributed by atoms with Crippen LogP contribution >= 0.6 is 0 Å². The van der Waals surface area contributed by atoms with Crippen molar-refractivity contribution in [3.05, 3.63) is 185 Å². The number of aliphatic imine (C=N–C) groups is 2. The summed E-state index contributed by atoms with van der Waals surface area (Å²) in [6, 6.07) is 43.6. The molecule has 6 aromatic rings. The van der Waals surface area contributed by atoms with Crippen LogP contribution in [0.5, 0.6) is 0 Å². The van der Waals surface area contributed by atoms with Crippen molar-refractivity contribution in [1.82, 2.24) is 4.98 Å². The van der Waals surface area contributed by atoms with Crippen LogP contribution in [0.25, 0.3) is 50.3 Å². The molecule has 0 amide bonds. The van der Waals surface area contributed by atoms with Gasteiger partial charge in [-0.25, -0.2) is 0 Å². The summed E-state index contributed by atoms with van der Waals surface area (Å²) in [5.74, 6) is 0. The highest BCUT2D eigenvalue weighted by atomic mass is 14.8. The number of rotatable bonds is 10. The molecular formula is C49H45N3. The van der Waals surface area contributed by atoms with Gasteiger partial charge >= 0.3 is 0 Å². The second-order valence-corrected chi connectivity index (χ2v) is 13.6. The predicted octanol–water partition coefficient (Wildman–Crippen LogP) is 13.0. The Balaban J connectivity index is 1.36. The molecule has 0 atom stereocenters. The molecule has 0 saturated carbocycles. The summed E-state index contributed by atoms with van der Waals surface area (Å²) in [6.07, 6.45) is 10.5. The third-order valence-corrected chi connectivity index (χ3v) is 10.2. The molecule has 0 spiro atoms. The van der Waals surface area contributed by atoms with E-state index in [2.05, 4.69) is 178 Å². The molecule has 1 N–H and O–H groups in total. The molecule has 1 heterocycles. The molecule has 1 aromatic heterocycles. The standard InChI is InChI=1S/C49H45N3/c1-33-15-9-11-19-43(33)46-22-13-21-45(35(46)3)42-30-37(29-41(31-42)38-24-26-39(27-25-38)47-23-14-28-51-47)32-52-48(40-17-7-6-8-18-40)36(4)49(50-5)44-20-12-10-16-34(44)2/h6-7,9-17,19-31,51H,5,8,18,32H2,1-4H3/b49-36-,52-48?. The van der Waals surface area contributed by atoms with Crippen LogP contribution in [0.3, 0.4) is 0 Å². The lowest BCUT2D eigenvalue weighted by Gasteiger charge is -2.18. The maximum absolute atomic E-state index is 5.42. The van der Waals surface area contributed by atoms with Crippen molar-refractivity contribution in [3.8, 4) is 44.6 Å². The first-order valence-electron chi connectivity index (χ1n) is 18.1. The molecule has 0 saturated heterocycles. The first-order chi connectivity index (χ1) is 25.4. The molecule has 7 rings (SSSR count). The molecule has 0 aliphatic heterocycles. The molecule has 3 nitrogen and oxygen atoms in total. The van der Waals surface area contributed by atoms with Crippen LogP contribution in [0, 0.1) is 20.8 Å². The van der Waals surface area contributed by atoms with Gasteiger partial charge in [0.1, 0.15) is 0 Å². The Kier molecular flexibility index (Phi) is 10.2. The summed E-state index contributed by atoms with van der Waals surface area (Å²) in [6.45, 7) is 13.2. The van der Waals surface area contributed by atoms with Crippen LogP contribution in [0.15, 0.2) is 167 Å². The van der Waals surface area contributed by atoms with Gasteiger partial charge in [0.2, 0.25) is 0 Å². The van der Waals surface area contributed by atoms with Crippen LogP contribution in [0.4, 0.5) is 0 Å². The number of benzene rings is 5. The van der Waals surface area contributed by atoms with Gasteiger partial charge in [-0.05, 0) is 144 Å². The van der Waals surface area contributed by atoms with Crippen LogP contribution in [0.1, 0.15) is 47.6 Å². The van der Waals surface area contributed by atoms with E-state index in [1.54, 1.807) is 0 Å². The molecule has 0 unspecified atom stereocenters. The van der Waals surface area contributed by atoms with Crippen molar-refractivity contribution in [2.75, 3.05) is 0 Å². The second kappa shape index (κ2) is 15.4. The maximum atomic E-state index is 5.42. The van der Waals surface area contributed by atoms with Crippen molar-refractivity contribution < 1.29 is 0 Å². The van der Waals surface area contributed by atoms with Crippen LogP contribution in [-0.2, 0) is 6.54 Å². The number of aromatic nitrogens is 1. The van der Waals surface area contributed by atoms with E-state index in [0.717, 1.165) is 46.6 Å². The van der Waals surface area contributed by atoms with Crippen molar-refractivity contribution in [2.45, 2.75) is 47.1 Å². The zero-order chi connectivity index (χ0) is 36.0. The van der Waals surface area contributed by atoms with Crippen molar-refractivity contribution in [3.63, 3.8) is 0 Å². The van der Waals surface area contributed by atoms with Gasteiger partial charge in [-0.2, -0.15) is 0 Å². The summed E-state index contributed by atoms with van der Waals surface area (Å²) in [7, 11) is 0. The Morgan fingerprint density at radius 3 is 2.12 bits per heavy atom. The smallest absolute Gasteiger partial charge is 0.0747 e. The Hall–Kier alpha value is -6.06. The average Bonchev–Trinajstić information content (AvgIpc) is 3.72. The van der Waals surface area contributed by atoms with Crippen molar-refractivity contribution >= 4 is 18.1 Å². The molecule has 3 heteroatoms. The number of aromatic amines is 1. The normalized spacial score (nSPS) is 13.5. The fraction of sp³-hybridized carbons (Fsp3) is 0.143. The van der Waals surface area contributed by atoms with E-state index in [1.807, 2.05) is 12.3 Å². The topological polar surface area (TPSA) is 40.5 Å². The second-order valence-electron chi connectivity index (χ2n) is 13.6. The lowest BCUT2D eigenvalue weighted by atomic mass is 9.89. The lowest BCUT2D eigenvalue weighted by Crippen LogP contribution is -2.09. The number of nitrogens with one attached hydrogen (secondary N) is 1. The van der Waals surface area contributed by atoms with Gasteiger partial charge in [-0.15, -0.1) is 0 Å². The molecule has 0 fully saturated rings. The zero-order valence-electron chi connectivity index (χ0n) is 30.6. The highest BCUT2D eigenvalue weighted by molar-refractivity contribution is 6.16. The van der Waals surface area contributed by atoms with Gasteiger partial charge in [0.15, 0.2) is 0 Å². The van der Waals surface area contributed by atoms with Gasteiger partial charge < -0.3 is 4.98 Å². The fourth-order valence-electron chi connectivity index (χ4n) is 7.36. The average molecular weight is 676 g/mol. The highest BCUT2D eigenvalue weighted by Gasteiger charge is 2.17. The number of hydrogen-bond acceptors (Lipinski definition) is 2. The SMILES string of the molecule is C=N/C(=C(/C)C(=NCc1cc(-c2ccc(-c3ccc[nH]3)cc2)cc(-c2cccc(-c3ccccc3C)c2C)c1)C1=CC=CCC1)c1ccccc1C. The lowest BCUT2D eigenvalue weighted by molar-refractivity contribution is 0.988. The van der Waals surface area contributed by atoms with Gasteiger partial charge in [0.25, 0.3) is 0 Å². The predicted molar refractivity (Wildman–Crippen MR) is 223 cm³/mol. The number of nitrogens with zero attached hydrogens (tertiary/aromatic N) is 2. The van der Waals surface area contributed by atoms with Crippen LogP contribution in [-0.4, -0.2) is 17.4 Å². The molecule has 0 radical (unpaired) electrons. The van der Waals surface area contributed by atoms with Gasteiger partial charge in [-0.1, -0.05) is 109 Å². The number of H-pyrrole nitrogens is 1. The molecule has 256 valence electrons. The van der Waals surface area contributed by atoms with Gasteiger partial charge in [0, 0.05) is 23.0 Å². The summed E-state index contributed by atoms with van der Waals surface area (Å²) >= 11 is 0. The molecule has 0 bridgehead atoms. The van der Waals surface area contributed by atoms with E-state index < -0.39 is 0 Å². The van der Waals surface area contributed by atoms with E-state index in [0.29, 0.717) is 6.54 Å². The van der Waals surface area contributed by atoms with E-state index >= 15 is 0 Å². The Bertz CT molecular complexity index is 2360. The molecule has 1 aliphatic carbocycles. The van der Waals surface area contributed by atoms with Gasteiger partial charge in [0.05, 0.1) is 18.0 Å². The zero-order valence-corrected chi connectivity index (χ0v) is 30.6. The monoisotopic (exact) mass is 675 g/mol. The molecular weight excluding hydrogens is 631 g/mol. The summed E-state index contributed by atoms with van der Waals surface area (Å²) < 4.78 is 0. The van der Waals surface area contributed by atoms with Crippen LogP contribution < -0.4 is 0 Å². The van der Waals surface area contributed by atoms with Crippen LogP contribution in [0.2, 0.25) is 0 Å². The largest absolute Gasteiger partial charge is 0.361 e. The first-order valence-corrected chi connectivity index (χ1v) is 18.1. The third kappa shape index (κ3) is 7.22. The van der Waals surface area contributed by atoms with Crippen molar-refractivity contribution in [2.24, 2.45) is 9.98 Å². The summed E-state index contributed by atoms with van der Waals surface area (Å²) in [5.41, 5.74) is 19.7. The van der Waals surface area contributed by atoms with E-state index in [1.165, 1.54) is 61.2 Å². The van der Waals surface area contributed by atoms with E-state index in [9.17, 15) is 0 Å². The molecule has 52 heavy (non-hydrogen) atoms. The number of aryl methyl sites for hydroxylation is 2. The Morgan fingerprint density at radius 1 is 0.692 bits per heavy atom. The van der Waals surface area contributed by atoms with E-state index in [-0.39, 0.29) is 0 Å². The third-order valence-electron chi connectivity index (χ3n) is 10.2.